The zero-order valence-electron chi connectivity index (χ0n) is 9.21. The van der Waals surface area contributed by atoms with Crippen LogP contribution in [-0.2, 0) is 6.42 Å². The maximum atomic E-state index is 13.1. The highest BCUT2D eigenvalue weighted by molar-refractivity contribution is 6.20. The van der Waals surface area contributed by atoms with E-state index in [0.717, 1.165) is 17.7 Å². The second-order valence-corrected chi connectivity index (χ2v) is 4.35. The van der Waals surface area contributed by atoms with Crippen LogP contribution in [0.5, 0.6) is 0 Å². The SMILES string of the molecule is Fc1cc(C(Cl)Cc2ccncc2)cc(F)c1F. The number of aromatic nitrogens is 1. The Labute approximate surface area is 107 Å². The summed E-state index contributed by atoms with van der Waals surface area (Å²) in [5, 5.41) is -0.628. The number of alkyl halides is 1. The standard InChI is InChI=1S/C13H9ClF3N/c14-10(5-8-1-3-18-4-2-8)9-6-11(15)13(17)12(16)7-9/h1-4,6-7,10H,5H2. The van der Waals surface area contributed by atoms with Crippen molar-refractivity contribution in [3.8, 4) is 0 Å². The summed E-state index contributed by atoms with van der Waals surface area (Å²) >= 11 is 6.06. The van der Waals surface area contributed by atoms with Crippen LogP contribution in [0.15, 0.2) is 36.7 Å². The van der Waals surface area contributed by atoms with Crippen molar-refractivity contribution >= 4 is 11.6 Å². The monoisotopic (exact) mass is 271 g/mol. The maximum Gasteiger partial charge on any atom is 0.194 e. The van der Waals surface area contributed by atoms with Gasteiger partial charge in [0.25, 0.3) is 0 Å². The molecule has 1 nitrogen and oxygen atoms in total. The van der Waals surface area contributed by atoms with Crippen molar-refractivity contribution in [3.05, 3.63) is 65.2 Å². The van der Waals surface area contributed by atoms with Gasteiger partial charge in [-0.3, -0.25) is 4.98 Å². The Bertz CT molecular complexity index is 522. The second kappa shape index (κ2) is 5.40. The first-order valence-corrected chi connectivity index (χ1v) is 5.69. The van der Waals surface area contributed by atoms with Gasteiger partial charge in [-0.2, -0.15) is 0 Å². The summed E-state index contributed by atoms with van der Waals surface area (Å²) in [7, 11) is 0. The molecule has 1 aromatic carbocycles. The highest BCUT2D eigenvalue weighted by Gasteiger charge is 2.16. The molecule has 0 amide bonds. The first-order chi connectivity index (χ1) is 8.58. The van der Waals surface area contributed by atoms with E-state index in [-0.39, 0.29) is 5.56 Å². The Hall–Kier alpha value is -1.55. The lowest BCUT2D eigenvalue weighted by Gasteiger charge is -2.10. The van der Waals surface area contributed by atoms with E-state index >= 15 is 0 Å². The lowest BCUT2D eigenvalue weighted by molar-refractivity contribution is 0.445. The van der Waals surface area contributed by atoms with Gasteiger partial charge in [-0.15, -0.1) is 11.6 Å². The molecule has 0 spiro atoms. The van der Waals surface area contributed by atoms with Gasteiger partial charge in [0.15, 0.2) is 17.5 Å². The molecule has 18 heavy (non-hydrogen) atoms. The number of benzene rings is 1. The topological polar surface area (TPSA) is 12.9 Å². The van der Waals surface area contributed by atoms with E-state index in [4.69, 9.17) is 11.6 Å². The summed E-state index contributed by atoms with van der Waals surface area (Å²) in [6.07, 6.45) is 3.59. The molecule has 1 unspecified atom stereocenters. The summed E-state index contributed by atoms with van der Waals surface area (Å²) in [4.78, 5) is 3.85. The number of hydrogen-bond donors (Lipinski definition) is 0. The Balaban J connectivity index is 2.22. The van der Waals surface area contributed by atoms with Crippen molar-refractivity contribution in [2.75, 3.05) is 0 Å². The molecule has 0 aliphatic carbocycles. The molecule has 1 heterocycles. The molecule has 0 N–H and O–H groups in total. The minimum Gasteiger partial charge on any atom is -0.265 e. The Morgan fingerprint density at radius 3 is 2.17 bits per heavy atom. The van der Waals surface area contributed by atoms with Crippen molar-refractivity contribution < 1.29 is 13.2 Å². The van der Waals surface area contributed by atoms with Crippen LogP contribution in [0.25, 0.3) is 0 Å². The minimum absolute atomic E-state index is 0.213. The van der Waals surface area contributed by atoms with Crippen molar-refractivity contribution in [1.82, 2.24) is 4.98 Å². The summed E-state index contributed by atoms with van der Waals surface area (Å²) in [6, 6.07) is 5.34. The van der Waals surface area contributed by atoms with Crippen molar-refractivity contribution in [2.24, 2.45) is 0 Å². The predicted octanol–water partition coefficient (Wildman–Crippen LogP) is 4.02. The summed E-state index contributed by atoms with van der Waals surface area (Å²) in [6.45, 7) is 0. The smallest absolute Gasteiger partial charge is 0.194 e. The lowest BCUT2D eigenvalue weighted by Crippen LogP contribution is -2.00. The van der Waals surface area contributed by atoms with Gasteiger partial charge in [-0.25, -0.2) is 13.2 Å². The van der Waals surface area contributed by atoms with Gasteiger partial charge in [0, 0.05) is 12.4 Å². The normalized spacial score (nSPS) is 12.4. The van der Waals surface area contributed by atoms with Crippen LogP contribution in [0.2, 0.25) is 0 Å². The third-order valence-electron chi connectivity index (χ3n) is 2.53. The third-order valence-corrected chi connectivity index (χ3v) is 2.94. The number of rotatable bonds is 3. The van der Waals surface area contributed by atoms with Crippen LogP contribution in [0.1, 0.15) is 16.5 Å². The molecule has 1 aromatic heterocycles. The average molecular weight is 272 g/mol. The molecule has 2 aromatic rings. The minimum atomic E-state index is -1.48. The Morgan fingerprint density at radius 2 is 1.61 bits per heavy atom. The van der Waals surface area contributed by atoms with Crippen LogP contribution in [0, 0.1) is 17.5 Å². The van der Waals surface area contributed by atoms with Crippen molar-refractivity contribution in [3.63, 3.8) is 0 Å². The van der Waals surface area contributed by atoms with Gasteiger partial charge in [-0.05, 0) is 41.8 Å². The van der Waals surface area contributed by atoms with Gasteiger partial charge in [0.1, 0.15) is 0 Å². The first-order valence-electron chi connectivity index (χ1n) is 5.25. The first kappa shape index (κ1) is 12.9. The average Bonchev–Trinajstić information content (AvgIpc) is 2.36. The highest BCUT2D eigenvalue weighted by Crippen LogP contribution is 2.27. The molecular weight excluding hydrogens is 263 g/mol. The van der Waals surface area contributed by atoms with E-state index in [1.807, 2.05) is 0 Å². The van der Waals surface area contributed by atoms with Gasteiger partial charge in [0.05, 0.1) is 5.38 Å². The largest absolute Gasteiger partial charge is 0.265 e. The summed E-state index contributed by atoms with van der Waals surface area (Å²) in [5.74, 6) is -3.94. The van der Waals surface area contributed by atoms with Gasteiger partial charge < -0.3 is 0 Å². The second-order valence-electron chi connectivity index (χ2n) is 3.83. The molecule has 0 fully saturated rings. The van der Waals surface area contributed by atoms with E-state index in [0.29, 0.717) is 6.42 Å². The van der Waals surface area contributed by atoms with E-state index in [2.05, 4.69) is 4.98 Å². The fourth-order valence-electron chi connectivity index (χ4n) is 1.60. The summed E-state index contributed by atoms with van der Waals surface area (Å²) in [5.41, 5.74) is 1.10. The molecule has 0 bridgehead atoms. The molecule has 0 saturated heterocycles. The van der Waals surface area contributed by atoms with E-state index in [1.54, 1.807) is 24.5 Å². The molecule has 0 aliphatic heterocycles. The number of halogens is 4. The molecule has 94 valence electrons. The molecule has 2 rings (SSSR count). The van der Waals surface area contributed by atoms with E-state index in [9.17, 15) is 13.2 Å². The number of hydrogen-bond acceptors (Lipinski definition) is 1. The fourth-order valence-corrected chi connectivity index (χ4v) is 1.90. The molecular formula is C13H9ClF3N. The molecule has 0 aliphatic rings. The van der Waals surface area contributed by atoms with Crippen LogP contribution in [0.3, 0.4) is 0 Å². The third kappa shape index (κ3) is 2.82. The van der Waals surface area contributed by atoms with Crippen LogP contribution >= 0.6 is 11.6 Å². The van der Waals surface area contributed by atoms with Crippen LogP contribution in [0.4, 0.5) is 13.2 Å². The zero-order valence-corrected chi connectivity index (χ0v) is 9.96. The zero-order chi connectivity index (χ0) is 13.1. The number of pyridine rings is 1. The molecule has 5 heteroatoms. The predicted molar refractivity (Wildman–Crippen MR) is 62.9 cm³/mol. The number of nitrogens with zero attached hydrogens (tertiary/aromatic N) is 1. The summed E-state index contributed by atoms with van der Waals surface area (Å²) < 4.78 is 38.9. The van der Waals surface area contributed by atoms with Gasteiger partial charge >= 0.3 is 0 Å². The highest BCUT2D eigenvalue weighted by atomic mass is 35.5. The Morgan fingerprint density at radius 1 is 1.06 bits per heavy atom. The van der Waals surface area contributed by atoms with Crippen LogP contribution in [-0.4, -0.2) is 4.98 Å². The Kier molecular flexibility index (Phi) is 3.87. The molecule has 1 atom stereocenters. The van der Waals surface area contributed by atoms with E-state index in [1.165, 1.54) is 0 Å². The van der Waals surface area contributed by atoms with E-state index < -0.39 is 22.8 Å². The van der Waals surface area contributed by atoms with Gasteiger partial charge in [0.2, 0.25) is 0 Å². The quantitative estimate of drug-likeness (QED) is 0.607. The molecule has 0 saturated carbocycles. The molecule has 0 radical (unpaired) electrons. The lowest BCUT2D eigenvalue weighted by atomic mass is 10.0. The maximum absolute atomic E-state index is 13.1. The van der Waals surface area contributed by atoms with Crippen LogP contribution < -0.4 is 0 Å². The van der Waals surface area contributed by atoms with Crippen molar-refractivity contribution in [1.29, 1.82) is 0 Å². The van der Waals surface area contributed by atoms with Gasteiger partial charge in [-0.1, -0.05) is 0 Å². The fraction of sp³-hybridized carbons (Fsp3) is 0.154. The van der Waals surface area contributed by atoms with Crippen molar-refractivity contribution in [2.45, 2.75) is 11.8 Å².